The normalized spacial score (nSPS) is 12.8. The van der Waals surface area contributed by atoms with Crippen LogP contribution in [0.25, 0.3) is 0 Å². The Balaban J connectivity index is 3.10. The van der Waals surface area contributed by atoms with Gasteiger partial charge < -0.3 is 11.5 Å². The van der Waals surface area contributed by atoms with Gasteiger partial charge in [0, 0.05) is 0 Å². The van der Waals surface area contributed by atoms with Gasteiger partial charge in [0.2, 0.25) is 0 Å². The van der Waals surface area contributed by atoms with Gasteiger partial charge in [-0.3, -0.25) is 0 Å². The van der Waals surface area contributed by atoms with Crippen molar-refractivity contribution in [3.63, 3.8) is 0 Å². The van der Waals surface area contributed by atoms with Crippen LogP contribution in [0.2, 0.25) is 0 Å². The molecule has 116 valence electrons. The Morgan fingerprint density at radius 2 is 0.842 bits per heavy atom. The third-order valence-corrected chi connectivity index (χ3v) is 4.05. The van der Waals surface area contributed by atoms with E-state index in [1.54, 1.807) is 0 Å². The molecule has 0 rings (SSSR count). The Hall–Kier alpha value is -0.0800. The highest BCUT2D eigenvalue weighted by atomic mass is 14.5. The Morgan fingerprint density at radius 1 is 0.526 bits per heavy atom. The maximum Gasteiger partial charge on any atom is -0.00773 e. The summed E-state index contributed by atoms with van der Waals surface area (Å²) in [4.78, 5) is 0. The van der Waals surface area contributed by atoms with Crippen LogP contribution in [0.3, 0.4) is 0 Å². The number of hydrogen-bond acceptors (Lipinski definition) is 2. The molecule has 0 aliphatic carbocycles. The lowest BCUT2D eigenvalue weighted by atomic mass is 9.96. The first-order chi connectivity index (χ1) is 9.31. The third kappa shape index (κ3) is 15.9. The van der Waals surface area contributed by atoms with E-state index in [0.29, 0.717) is 0 Å². The average Bonchev–Trinajstić information content (AvgIpc) is 2.41. The molecule has 0 aromatic heterocycles. The van der Waals surface area contributed by atoms with Crippen LogP contribution in [0, 0.1) is 5.92 Å². The van der Waals surface area contributed by atoms with Gasteiger partial charge in [-0.05, 0) is 31.8 Å². The van der Waals surface area contributed by atoms with E-state index in [-0.39, 0.29) is 0 Å². The van der Waals surface area contributed by atoms with Crippen molar-refractivity contribution in [1.82, 2.24) is 0 Å². The lowest BCUT2D eigenvalue weighted by Gasteiger charge is -2.11. The zero-order valence-corrected chi connectivity index (χ0v) is 13.3. The molecule has 1 atom stereocenters. The largest absolute Gasteiger partial charge is 0.330 e. The molecular formula is C17H38N2. The molecule has 0 aliphatic rings. The van der Waals surface area contributed by atoms with Gasteiger partial charge in [0.05, 0.1) is 0 Å². The van der Waals surface area contributed by atoms with Crippen molar-refractivity contribution in [3.05, 3.63) is 0 Å². The van der Waals surface area contributed by atoms with Gasteiger partial charge in [-0.2, -0.15) is 0 Å². The molecule has 0 amide bonds. The van der Waals surface area contributed by atoms with Gasteiger partial charge >= 0.3 is 0 Å². The second-order valence-corrected chi connectivity index (χ2v) is 6.15. The van der Waals surface area contributed by atoms with E-state index in [1.165, 1.54) is 83.5 Å². The summed E-state index contributed by atoms with van der Waals surface area (Å²) in [5, 5.41) is 0. The second-order valence-electron chi connectivity index (χ2n) is 6.15. The van der Waals surface area contributed by atoms with E-state index in [9.17, 15) is 0 Å². The summed E-state index contributed by atoms with van der Waals surface area (Å²) < 4.78 is 0. The molecule has 0 bridgehead atoms. The van der Waals surface area contributed by atoms with Gasteiger partial charge in [-0.15, -0.1) is 0 Å². The maximum absolute atomic E-state index is 5.49. The fourth-order valence-electron chi connectivity index (χ4n) is 2.66. The summed E-state index contributed by atoms with van der Waals surface area (Å²) in [7, 11) is 0. The summed E-state index contributed by atoms with van der Waals surface area (Å²) in [5.74, 6) is 0.929. The van der Waals surface area contributed by atoms with Crippen molar-refractivity contribution in [2.24, 2.45) is 17.4 Å². The Bertz CT molecular complexity index is 159. The summed E-state index contributed by atoms with van der Waals surface area (Å²) in [6.07, 6.45) is 17.8. The minimum atomic E-state index is 0.863. The minimum absolute atomic E-state index is 0.863. The van der Waals surface area contributed by atoms with Gasteiger partial charge in [0.25, 0.3) is 0 Å². The lowest BCUT2D eigenvalue weighted by Crippen LogP contribution is -1.98. The number of unbranched alkanes of at least 4 members (excludes halogenated alkanes) is 9. The van der Waals surface area contributed by atoms with Crippen LogP contribution in [0.1, 0.15) is 90.4 Å². The van der Waals surface area contributed by atoms with Gasteiger partial charge in [-0.1, -0.05) is 77.6 Å². The summed E-state index contributed by atoms with van der Waals surface area (Å²) in [6.45, 7) is 4.15. The molecule has 2 nitrogen and oxygen atoms in total. The van der Waals surface area contributed by atoms with E-state index in [2.05, 4.69) is 6.92 Å². The van der Waals surface area contributed by atoms with E-state index in [0.717, 1.165) is 19.0 Å². The summed E-state index contributed by atoms with van der Waals surface area (Å²) >= 11 is 0. The highest BCUT2D eigenvalue weighted by molar-refractivity contribution is 4.56. The van der Waals surface area contributed by atoms with Gasteiger partial charge in [-0.25, -0.2) is 0 Å². The lowest BCUT2D eigenvalue weighted by molar-refractivity contribution is 0.432. The van der Waals surface area contributed by atoms with Crippen molar-refractivity contribution in [2.45, 2.75) is 90.4 Å². The highest BCUT2D eigenvalue weighted by Gasteiger charge is 2.01. The van der Waals surface area contributed by atoms with Crippen LogP contribution in [-0.4, -0.2) is 13.1 Å². The molecule has 0 fully saturated rings. The van der Waals surface area contributed by atoms with Crippen LogP contribution < -0.4 is 11.5 Å². The third-order valence-electron chi connectivity index (χ3n) is 4.05. The Morgan fingerprint density at radius 3 is 1.21 bits per heavy atom. The molecule has 0 radical (unpaired) electrons. The van der Waals surface area contributed by atoms with E-state index >= 15 is 0 Å². The maximum atomic E-state index is 5.49. The zero-order chi connectivity index (χ0) is 14.2. The van der Waals surface area contributed by atoms with E-state index in [4.69, 9.17) is 11.5 Å². The van der Waals surface area contributed by atoms with Crippen molar-refractivity contribution in [3.8, 4) is 0 Å². The molecule has 2 heteroatoms. The molecule has 19 heavy (non-hydrogen) atoms. The standard InChI is InChI=1S/C17H38N2/c1-17(14-10-6-4-8-12-16-19)13-9-5-2-3-7-11-15-18/h17H,2-16,18-19H2,1H3. The highest BCUT2D eigenvalue weighted by Crippen LogP contribution is 2.18. The van der Waals surface area contributed by atoms with Gasteiger partial charge in [0.1, 0.15) is 0 Å². The molecule has 4 N–H and O–H groups in total. The predicted molar refractivity (Wildman–Crippen MR) is 87.3 cm³/mol. The molecule has 0 aromatic carbocycles. The van der Waals surface area contributed by atoms with Crippen LogP contribution in [0.5, 0.6) is 0 Å². The quantitative estimate of drug-likeness (QED) is 0.427. The molecule has 1 unspecified atom stereocenters. The monoisotopic (exact) mass is 270 g/mol. The number of rotatable bonds is 15. The number of nitrogens with two attached hydrogens (primary N) is 2. The first-order valence-electron chi connectivity index (χ1n) is 8.71. The van der Waals surface area contributed by atoms with Crippen LogP contribution in [-0.2, 0) is 0 Å². The topological polar surface area (TPSA) is 52.0 Å². The first-order valence-corrected chi connectivity index (χ1v) is 8.71. The van der Waals surface area contributed by atoms with Crippen molar-refractivity contribution >= 4 is 0 Å². The molecular weight excluding hydrogens is 232 g/mol. The summed E-state index contributed by atoms with van der Waals surface area (Å²) in [6, 6.07) is 0. The SMILES string of the molecule is CC(CCCCCCCN)CCCCCCCCN. The average molecular weight is 271 g/mol. The van der Waals surface area contributed by atoms with Crippen LogP contribution in [0.4, 0.5) is 0 Å². The van der Waals surface area contributed by atoms with Crippen LogP contribution in [0.15, 0.2) is 0 Å². The Labute approximate surface area is 121 Å². The van der Waals surface area contributed by atoms with Gasteiger partial charge in [0.15, 0.2) is 0 Å². The Kier molecular flexibility index (Phi) is 15.9. The van der Waals surface area contributed by atoms with Crippen molar-refractivity contribution < 1.29 is 0 Å². The molecule has 0 heterocycles. The fourth-order valence-corrected chi connectivity index (χ4v) is 2.66. The zero-order valence-electron chi connectivity index (χ0n) is 13.3. The molecule has 0 aliphatic heterocycles. The van der Waals surface area contributed by atoms with Crippen molar-refractivity contribution in [2.75, 3.05) is 13.1 Å². The molecule has 0 aromatic rings. The minimum Gasteiger partial charge on any atom is -0.330 e. The van der Waals surface area contributed by atoms with Crippen LogP contribution >= 0.6 is 0 Å². The summed E-state index contributed by atoms with van der Waals surface area (Å²) in [5.41, 5.74) is 11.0. The molecule has 0 saturated heterocycles. The molecule has 0 saturated carbocycles. The first kappa shape index (κ1) is 18.9. The fraction of sp³-hybridized carbons (Fsp3) is 1.00. The smallest absolute Gasteiger partial charge is 0.00773 e. The van der Waals surface area contributed by atoms with Crippen molar-refractivity contribution in [1.29, 1.82) is 0 Å². The predicted octanol–water partition coefficient (Wildman–Crippen LogP) is 4.61. The molecule has 0 spiro atoms. The van der Waals surface area contributed by atoms with E-state index < -0.39 is 0 Å². The second kappa shape index (κ2) is 16.0. The van der Waals surface area contributed by atoms with E-state index in [1.807, 2.05) is 0 Å². The number of hydrogen-bond donors (Lipinski definition) is 2.